The second-order valence-corrected chi connectivity index (χ2v) is 5.38. The molecule has 0 fully saturated rings. The Hall–Kier alpha value is -1.02. The molecular formula is C15H23NO. The molecule has 1 aromatic rings. The van der Waals surface area contributed by atoms with Gasteiger partial charge in [0.05, 0.1) is 12.6 Å². The Morgan fingerprint density at radius 2 is 2.12 bits per heavy atom. The van der Waals surface area contributed by atoms with Crippen LogP contribution in [0.5, 0.6) is 0 Å². The average Bonchev–Trinajstić information content (AvgIpc) is 2.35. The lowest BCUT2D eigenvalue weighted by molar-refractivity contribution is 0.248. The first kappa shape index (κ1) is 12.4. The van der Waals surface area contributed by atoms with Gasteiger partial charge in [0, 0.05) is 12.2 Å². The van der Waals surface area contributed by atoms with E-state index in [1.807, 2.05) is 0 Å². The number of hydrogen-bond donors (Lipinski definition) is 1. The summed E-state index contributed by atoms with van der Waals surface area (Å²) in [6, 6.07) is 8.92. The molecule has 1 N–H and O–H groups in total. The third kappa shape index (κ3) is 2.81. The summed E-state index contributed by atoms with van der Waals surface area (Å²) in [4.78, 5) is 2.40. The minimum atomic E-state index is 0.270. The van der Waals surface area contributed by atoms with Crippen molar-refractivity contribution in [2.24, 2.45) is 5.92 Å². The first-order chi connectivity index (χ1) is 8.22. The van der Waals surface area contributed by atoms with Crippen molar-refractivity contribution in [1.82, 2.24) is 0 Å². The molecule has 1 unspecified atom stereocenters. The van der Waals surface area contributed by atoms with E-state index in [9.17, 15) is 5.11 Å². The first-order valence-corrected chi connectivity index (χ1v) is 6.67. The summed E-state index contributed by atoms with van der Waals surface area (Å²) in [6.07, 6.45) is 3.36. The van der Waals surface area contributed by atoms with Crippen LogP contribution in [0, 0.1) is 5.92 Å². The molecule has 0 radical (unpaired) electrons. The minimum Gasteiger partial charge on any atom is -0.394 e. The van der Waals surface area contributed by atoms with E-state index in [2.05, 4.69) is 43.0 Å². The van der Waals surface area contributed by atoms with Crippen molar-refractivity contribution in [2.75, 3.05) is 18.1 Å². The van der Waals surface area contributed by atoms with Crippen LogP contribution in [-0.2, 0) is 6.42 Å². The molecule has 0 saturated heterocycles. The third-order valence-electron chi connectivity index (χ3n) is 3.65. The highest BCUT2D eigenvalue weighted by Gasteiger charge is 2.24. The van der Waals surface area contributed by atoms with Gasteiger partial charge in [0.15, 0.2) is 0 Å². The van der Waals surface area contributed by atoms with Crippen LogP contribution in [0.25, 0.3) is 0 Å². The Kier molecular flexibility index (Phi) is 4.06. The second-order valence-electron chi connectivity index (χ2n) is 5.38. The maximum absolute atomic E-state index is 9.51. The Morgan fingerprint density at radius 1 is 1.35 bits per heavy atom. The van der Waals surface area contributed by atoms with Gasteiger partial charge < -0.3 is 10.0 Å². The van der Waals surface area contributed by atoms with Crippen molar-refractivity contribution in [2.45, 2.75) is 39.2 Å². The van der Waals surface area contributed by atoms with Gasteiger partial charge >= 0.3 is 0 Å². The molecule has 1 aliphatic heterocycles. The number of nitrogens with zero attached hydrogens (tertiary/aromatic N) is 1. The summed E-state index contributed by atoms with van der Waals surface area (Å²) in [5.41, 5.74) is 2.76. The van der Waals surface area contributed by atoms with Crippen LogP contribution in [0.4, 0.5) is 5.69 Å². The fourth-order valence-corrected chi connectivity index (χ4v) is 2.57. The van der Waals surface area contributed by atoms with Crippen molar-refractivity contribution < 1.29 is 5.11 Å². The topological polar surface area (TPSA) is 23.5 Å². The highest BCUT2D eigenvalue weighted by molar-refractivity contribution is 5.56. The fraction of sp³-hybridized carbons (Fsp3) is 0.600. The van der Waals surface area contributed by atoms with Gasteiger partial charge in [-0.25, -0.2) is 0 Å². The van der Waals surface area contributed by atoms with E-state index in [0.29, 0.717) is 12.0 Å². The number of rotatable bonds is 4. The van der Waals surface area contributed by atoms with E-state index in [1.165, 1.54) is 17.7 Å². The summed E-state index contributed by atoms with van der Waals surface area (Å²) < 4.78 is 0. The third-order valence-corrected chi connectivity index (χ3v) is 3.65. The van der Waals surface area contributed by atoms with Crippen LogP contribution in [0.15, 0.2) is 24.3 Å². The second kappa shape index (κ2) is 5.54. The first-order valence-electron chi connectivity index (χ1n) is 6.67. The van der Waals surface area contributed by atoms with Crippen LogP contribution >= 0.6 is 0 Å². The van der Waals surface area contributed by atoms with Crippen LogP contribution in [0.2, 0.25) is 0 Å². The van der Waals surface area contributed by atoms with Crippen molar-refractivity contribution >= 4 is 5.69 Å². The molecule has 1 atom stereocenters. The number of para-hydroxylation sites is 1. The van der Waals surface area contributed by atoms with Gasteiger partial charge in [0.2, 0.25) is 0 Å². The maximum atomic E-state index is 9.51. The van der Waals surface area contributed by atoms with Gasteiger partial charge in [-0.05, 0) is 36.8 Å². The number of aliphatic hydroxyl groups excluding tert-OH is 1. The van der Waals surface area contributed by atoms with E-state index in [1.54, 1.807) is 0 Å². The number of anilines is 1. The number of benzene rings is 1. The minimum absolute atomic E-state index is 0.270. The maximum Gasteiger partial charge on any atom is 0.0635 e. The Labute approximate surface area is 104 Å². The molecule has 2 nitrogen and oxygen atoms in total. The van der Waals surface area contributed by atoms with Gasteiger partial charge in [-0.15, -0.1) is 0 Å². The highest BCUT2D eigenvalue weighted by atomic mass is 16.3. The molecule has 0 bridgehead atoms. The van der Waals surface area contributed by atoms with Crippen molar-refractivity contribution in [3.8, 4) is 0 Å². The van der Waals surface area contributed by atoms with Gasteiger partial charge in [-0.2, -0.15) is 0 Å². The number of aliphatic hydroxyl groups is 1. The van der Waals surface area contributed by atoms with Crippen LogP contribution in [0.3, 0.4) is 0 Å². The standard InChI is InChI=1S/C15H23NO/c1-12(2)9-10-16-14(11-17)8-7-13-5-3-4-6-15(13)16/h3-6,12,14,17H,7-11H2,1-2H3. The smallest absolute Gasteiger partial charge is 0.0635 e. The number of aryl methyl sites for hydroxylation is 1. The van der Waals surface area contributed by atoms with Gasteiger partial charge in [0.1, 0.15) is 0 Å². The molecule has 1 aromatic carbocycles. The molecule has 0 aromatic heterocycles. The molecule has 2 rings (SSSR count). The van der Waals surface area contributed by atoms with E-state index in [0.717, 1.165) is 19.4 Å². The predicted molar refractivity (Wildman–Crippen MR) is 72.4 cm³/mol. The summed E-state index contributed by atoms with van der Waals surface area (Å²) >= 11 is 0. The molecule has 0 amide bonds. The van der Waals surface area contributed by atoms with Crippen LogP contribution < -0.4 is 4.90 Å². The number of hydrogen-bond acceptors (Lipinski definition) is 2. The Morgan fingerprint density at radius 3 is 2.82 bits per heavy atom. The van der Waals surface area contributed by atoms with Gasteiger partial charge in [0.25, 0.3) is 0 Å². The summed E-state index contributed by atoms with van der Waals surface area (Å²) in [7, 11) is 0. The van der Waals surface area contributed by atoms with Crippen molar-refractivity contribution in [3.63, 3.8) is 0 Å². The van der Waals surface area contributed by atoms with Gasteiger partial charge in [-0.1, -0.05) is 32.0 Å². The lowest BCUT2D eigenvalue weighted by Crippen LogP contribution is -2.42. The zero-order valence-electron chi connectivity index (χ0n) is 10.9. The normalized spacial score (nSPS) is 19.5. The zero-order chi connectivity index (χ0) is 12.3. The van der Waals surface area contributed by atoms with E-state index < -0.39 is 0 Å². The molecular weight excluding hydrogens is 210 g/mol. The highest BCUT2D eigenvalue weighted by Crippen LogP contribution is 2.30. The number of fused-ring (bicyclic) bond motifs is 1. The summed E-state index contributed by atoms with van der Waals surface area (Å²) in [6.45, 7) is 5.83. The SMILES string of the molecule is CC(C)CCN1c2ccccc2CCC1CO. The van der Waals surface area contributed by atoms with Crippen LogP contribution in [0.1, 0.15) is 32.3 Å². The predicted octanol–water partition coefficient (Wildman–Crippen LogP) is 2.85. The largest absolute Gasteiger partial charge is 0.394 e. The van der Waals surface area contributed by atoms with E-state index in [4.69, 9.17) is 0 Å². The van der Waals surface area contributed by atoms with E-state index >= 15 is 0 Å². The lowest BCUT2D eigenvalue weighted by atomic mass is 9.95. The fourth-order valence-electron chi connectivity index (χ4n) is 2.57. The van der Waals surface area contributed by atoms with Gasteiger partial charge in [-0.3, -0.25) is 0 Å². The molecule has 17 heavy (non-hydrogen) atoms. The van der Waals surface area contributed by atoms with Crippen molar-refractivity contribution in [1.29, 1.82) is 0 Å². The average molecular weight is 233 g/mol. The molecule has 0 aliphatic carbocycles. The summed E-state index contributed by atoms with van der Waals surface area (Å²) in [5, 5.41) is 9.51. The van der Waals surface area contributed by atoms with E-state index in [-0.39, 0.29) is 6.61 Å². The molecule has 1 heterocycles. The molecule has 2 heteroatoms. The molecule has 94 valence electrons. The molecule has 0 spiro atoms. The molecule has 0 saturated carbocycles. The van der Waals surface area contributed by atoms with Crippen molar-refractivity contribution in [3.05, 3.63) is 29.8 Å². The Balaban J connectivity index is 2.18. The monoisotopic (exact) mass is 233 g/mol. The Bertz CT molecular complexity index is 362. The molecule has 1 aliphatic rings. The zero-order valence-corrected chi connectivity index (χ0v) is 10.9. The quantitative estimate of drug-likeness (QED) is 0.864. The lowest BCUT2D eigenvalue weighted by Gasteiger charge is -2.38. The summed E-state index contributed by atoms with van der Waals surface area (Å²) in [5.74, 6) is 0.712. The van der Waals surface area contributed by atoms with Crippen LogP contribution in [-0.4, -0.2) is 24.3 Å².